The van der Waals surface area contributed by atoms with E-state index in [4.69, 9.17) is 0 Å². The minimum absolute atomic E-state index is 0.422. The molecule has 4 rings (SSSR count). The van der Waals surface area contributed by atoms with Crippen molar-refractivity contribution >= 4 is 12.0 Å². The van der Waals surface area contributed by atoms with Gasteiger partial charge in [0, 0.05) is 23.2 Å². The minimum Gasteiger partial charge on any atom is -0.361 e. The largest absolute Gasteiger partial charge is 0.361 e. The Bertz CT molecular complexity index is 630. The van der Waals surface area contributed by atoms with E-state index in [0.717, 1.165) is 11.9 Å². The topological polar surface area (TPSA) is 20.3 Å². The summed E-state index contributed by atoms with van der Waals surface area (Å²) in [4.78, 5) is 13.7. The Labute approximate surface area is 126 Å². The second-order valence-corrected chi connectivity index (χ2v) is 6.62. The van der Waals surface area contributed by atoms with Gasteiger partial charge in [-0.05, 0) is 43.4 Å². The second kappa shape index (κ2) is 4.87. The number of nitrogens with zero attached hydrogens (tertiary/aromatic N) is 1. The molecule has 2 fully saturated rings. The Balaban J connectivity index is 1.76. The molecule has 2 nitrogen and oxygen atoms in total. The lowest BCUT2D eigenvalue weighted by Crippen LogP contribution is -2.36. The molecule has 0 aromatic heterocycles. The van der Waals surface area contributed by atoms with Gasteiger partial charge in [-0.15, -0.1) is 0 Å². The second-order valence-electron chi connectivity index (χ2n) is 6.62. The fourth-order valence-corrected chi connectivity index (χ4v) is 4.58. The van der Waals surface area contributed by atoms with Crippen LogP contribution in [0.2, 0.25) is 0 Å². The summed E-state index contributed by atoms with van der Waals surface area (Å²) < 4.78 is 0. The average Bonchev–Trinajstić information content (AvgIpc) is 3.06. The van der Waals surface area contributed by atoms with Gasteiger partial charge in [0.1, 0.15) is 6.29 Å². The lowest BCUT2D eigenvalue weighted by molar-refractivity contribution is -0.104. The van der Waals surface area contributed by atoms with Crippen molar-refractivity contribution in [2.75, 3.05) is 4.90 Å². The van der Waals surface area contributed by atoms with Crippen LogP contribution in [0, 0.1) is 18.8 Å². The first-order chi connectivity index (χ1) is 10.3. The maximum absolute atomic E-state index is 11.1. The number of aldehydes is 1. The van der Waals surface area contributed by atoms with Crippen LogP contribution < -0.4 is 4.90 Å². The van der Waals surface area contributed by atoms with Gasteiger partial charge in [-0.1, -0.05) is 36.8 Å². The summed E-state index contributed by atoms with van der Waals surface area (Å²) in [6.45, 7) is 2.16. The molecule has 0 radical (unpaired) electrons. The van der Waals surface area contributed by atoms with Gasteiger partial charge in [0.25, 0.3) is 0 Å². The molecule has 0 N–H and O–H groups in total. The molecular formula is C19H21NO. The molecule has 0 bridgehead atoms. The number of aryl methyl sites for hydroxylation is 1. The monoisotopic (exact) mass is 279 g/mol. The van der Waals surface area contributed by atoms with Crippen molar-refractivity contribution in [1.82, 2.24) is 0 Å². The van der Waals surface area contributed by atoms with E-state index in [0.29, 0.717) is 23.9 Å². The first kappa shape index (κ1) is 12.9. The van der Waals surface area contributed by atoms with E-state index in [2.05, 4.69) is 48.2 Å². The van der Waals surface area contributed by atoms with Gasteiger partial charge in [-0.25, -0.2) is 0 Å². The molecule has 4 atom stereocenters. The molecule has 1 aliphatic heterocycles. The van der Waals surface area contributed by atoms with E-state index in [-0.39, 0.29) is 0 Å². The fraction of sp³-hybridized carbons (Fsp3) is 0.421. The molecule has 1 heterocycles. The van der Waals surface area contributed by atoms with E-state index in [9.17, 15) is 4.79 Å². The predicted molar refractivity (Wildman–Crippen MR) is 85.4 cm³/mol. The molecule has 0 amide bonds. The molecule has 3 aliphatic rings. The summed E-state index contributed by atoms with van der Waals surface area (Å²) in [7, 11) is 0. The summed E-state index contributed by atoms with van der Waals surface area (Å²) in [6, 6.07) is 9.90. The molecular weight excluding hydrogens is 258 g/mol. The summed E-state index contributed by atoms with van der Waals surface area (Å²) in [6.07, 6.45) is 11.3. The zero-order valence-corrected chi connectivity index (χ0v) is 12.4. The molecule has 108 valence electrons. The van der Waals surface area contributed by atoms with Crippen molar-refractivity contribution in [3.05, 3.63) is 53.6 Å². The molecule has 21 heavy (non-hydrogen) atoms. The Morgan fingerprint density at radius 1 is 1.29 bits per heavy atom. The van der Waals surface area contributed by atoms with E-state index in [1.165, 1.54) is 30.5 Å². The van der Waals surface area contributed by atoms with Gasteiger partial charge in [0.2, 0.25) is 0 Å². The van der Waals surface area contributed by atoms with Crippen molar-refractivity contribution in [2.24, 2.45) is 11.8 Å². The number of fused-ring (bicyclic) bond motifs is 3. The van der Waals surface area contributed by atoms with Crippen LogP contribution in [-0.2, 0) is 4.79 Å². The lowest BCUT2D eigenvalue weighted by Gasteiger charge is -2.32. The van der Waals surface area contributed by atoms with Gasteiger partial charge in [-0.2, -0.15) is 0 Å². The maximum Gasteiger partial charge on any atom is 0.149 e. The first-order valence-electron chi connectivity index (χ1n) is 7.98. The third kappa shape index (κ3) is 1.97. The number of rotatable bonds is 2. The first-order valence-corrected chi connectivity index (χ1v) is 7.98. The van der Waals surface area contributed by atoms with Crippen LogP contribution in [0.1, 0.15) is 24.8 Å². The molecule has 1 aromatic rings. The van der Waals surface area contributed by atoms with Crippen molar-refractivity contribution in [2.45, 2.75) is 38.3 Å². The number of hydrogen-bond acceptors (Lipinski definition) is 2. The SMILES string of the molecule is Cc1cccc(N2C3C=CC(C=O)=CC3C3CCCC32)c1. The number of allylic oxidation sites excluding steroid dienone is 2. The number of anilines is 1. The summed E-state index contributed by atoms with van der Waals surface area (Å²) in [5, 5.41) is 0. The van der Waals surface area contributed by atoms with Crippen LogP contribution in [0.3, 0.4) is 0 Å². The van der Waals surface area contributed by atoms with Crippen LogP contribution in [0.4, 0.5) is 5.69 Å². The smallest absolute Gasteiger partial charge is 0.149 e. The fourth-order valence-electron chi connectivity index (χ4n) is 4.58. The highest BCUT2D eigenvalue weighted by atomic mass is 16.1. The Hall–Kier alpha value is -1.83. The molecule has 1 saturated heterocycles. The minimum atomic E-state index is 0.422. The highest BCUT2D eigenvalue weighted by Crippen LogP contribution is 2.49. The quantitative estimate of drug-likeness (QED) is 0.770. The van der Waals surface area contributed by atoms with Crippen LogP contribution in [0.5, 0.6) is 0 Å². The van der Waals surface area contributed by atoms with Gasteiger partial charge in [-0.3, -0.25) is 4.79 Å². The molecule has 1 aromatic carbocycles. The molecule has 0 spiro atoms. The molecule has 2 aliphatic carbocycles. The van der Waals surface area contributed by atoms with Gasteiger partial charge in [0.05, 0.1) is 6.04 Å². The van der Waals surface area contributed by atoms with Crippen LogP contribution in [0.25, 0.3) is 0 Å². The average molecular weight is 279 g/mol. The number of benzene rings is 1. The van der Waals surface area contributed by atoms with Crippen LogP contribution >= 0.6 is 0 Å². The van der Waals surface area contributed by atoms with Crippen molar-refractivity contribution < 1.29 is 4.79 Å². The van der Waals surface area contributed by atoms with Gasteiger partial charge in [0.15, 0.2) is 0 Å². The zero-order valence-electron chi connectivity index (χ0n) is 12.4. The Kier molecular flexibility index (Phi) is 2.99. The third-order valence-electron chi connectivity index (χ3n) is 5.41. The zero-order chi connectivity index (χ0) is 14.4. The number of carbonyl (C=O) groups excluding carboxylic acids is 1. The highest BCUT2D eigenvalue weighted by molar-refractivity contribution is 5.78. The van der Waals surface area contributed by atoms with Gasteiger partial charge >= 0.3 is 0 Å². The molecule has 2 heteroatoms. The Morgan fingerprint density at radius 3 is 3.00 bits per heavy atom. The summed E-state index contributed by atoms with van der Waals surface area (Å²) >= 11 is 0. The van der Waals surface area contributed by atoms with E-state index < -0.39 is 0 Å². The normalized spacial score (nSPS) is 33.6. The Morgan fingerprint density at radius 2 is 2.19 bits per heavy atom. The van der Waals surface area contributed by atoms with Gasteiger partial charge < -0.3 is 4.90 Å². The molecule has 4 unspecified atom stereocenters. The van der Waals surface area contributed by atoms with E-state index >= 15 is 0 Å². The molecule has 1 saturated carbocycles. The highest BCUT2D eigenvalue weighted by Gasteiger charge is 2.49. The number of carbonyl (C=O) groups is 1. The van der Waals surface area contributed by atoms with Crippen molar-refractivity contribution in [1.29, 1.82) is 0 Å². The van der Waals surface area contributed by atoms with E-state index in [1.807, 2.05) is 6.08 Å². The predicted octanol–water partition coefficient (Wildman–Crippen LogP) is 3.66. The maximum atomic E-state index is 11.1. The van der Waals surface area contributed by atoms with Crippen molar-refractivity contribution in [3.63, 3.8) is 0 Å². The standard InChI is InChI=1S/C19H21NO/c1-13-4-2-5-15(10-13)20-18-7-3-6-16(18)17-11-14(12-21)8-9-19(17)20/h2,4-5,8-12,16-19H,3,6-7H2,1H3. The number of hydrogen-bond donors (Lipinski definition) is 0. The van der Waals surface area contributed by atoms with E-state index in [1.54, 1.807) is 0 Å². The summed E-state index contributed by atoms with van der Waals surface area (Å²) in [5.74, 6) is 1.21. The van der Waals surface area contributed by atoms with Crippen LogP contribution in [-0.4, -0.2) is 18.4 Å². The summed E-state index contributed by atoms with van der Waals surface area (Å²) in [5.41, 5.74) is 3.51. The third-order valence-corrected chi connectivity index (χ3v) is 5.41. The lowest BCUT2D eigenvalue weighted by atomic mass is 9.84. The van der Waals surface area contributed by atoms with Crippen molar-refractivity contribution in [3.8, 4) is 0 Å². The van der Waals surface area contributed by atoms with Crippen LogP contribution in [0.15, 0.2) is 48.1 Å².